The highest BCUT2D eigenvalue weighted by Gasteiger charge is 2.19. The molecule has 106 valence electrons. The second-order valence-corrected chi connectivity index (χ2v) is 5.64. The summed E-state index contributed by atoms with van der Waals surface area (Å²) in [5.74, 6) is 0. The lowest BCUT2D eigenvalue weighted by atomic mass is 9.95. The third-order valence-corrected chi connectivity index (χ3v) is 3.78. The van der Waals surface area contributed by atoms with Crippen molar-refractivity contribution in [2.24, 2.45) is 5.73 Å². The maximum atomic E-state index is 6.26. The number of hydrogen-bond donors (Lipinski definition) is 2. The Hall–Kier alpha value is -1.64. The summed E-state index contributed by atoms with van der Waals surface area (Å²) in [7, 11) is 0. The van der Waals surface area contributed by atoms with E-state index in [4.69, 9.17) is 5.73 Å². The molecule has 2 aromatic carbocycles. The van der Waals surface area contributed by atoms with Gasteiger partial charge >= 0.3 is 0 Å². The van der Waals surface area contributed by atoms with Gasteiger partial charge in [-0.2, -0.15) is 0 Å². The summed E-state index contributed by atoms with van der Waals surface area (Å²) in [6.07, 6.45) is 0.955. The zero-order valence-corrected chi connectivity index (χ0v) is 12.3. The van der Waals surface area contributed by atoms with Crippen LogP contribution in [0.3, 0.4) is 0 Å². The van der Waals surface area contributed by atoms with Crippen LogP contribution >= 0.6 is 0 Å². The van der Waals surface area contributed by atoms with Gasteiger partial charge in [-0.15, -0.1) is 0 Å². The fourth-order valence-electron chi connectivity index (χ4n) is 2.18. The molecule has 0 radical (unpaired) electrons. The molecule has 2 rings (SSSR count). The highest BCUT2D eigenvalue weighted by atomic mass is 15.0. The highest BCUT2D eigenvalue weighted by Crippen LogP contribution is 2.22. The maximum Gasteiger partial charge on any atom is 0.0577 e. The Morgan fingerprint density at radius 2 is 1.40 bits per heavy atom. The van der Waals surface area contributed by atoms with Crippen molar-refractivity contribution in [3.05, 3.63) is 71.8 Å². The van der Waals surface area contributed by atoms with Gasteiger partial charge in [-0.1, -0.05) is 67.6 Å². The van der Waals surface area contributed by atoms with Crippen molar-refractivity contribution in [1.82, 2.24) is 5.32 Å². The van der Waals surface area contributed by atoms with Gasteiger partial charge in [0.15, 0.2) is 0 Å². The monoisotopic (exact) mass is 268 g/mol. The molecule has 0 aliphatic carbocycles. The molecule has 3 N–H and O–H groups in total. The van der Waals surface area contributed by atoms with Crippen molar-refractivity contribution in [3.63, 3.8) is 0 Å². The van der Waals surface area contributed by atoms with Gasteiger partial charge in [0.2, 0.25) is 0 Å². The third-order valence-electron chi connectivity index (χ3n) is 3.78. The van der Waals surface area contributed by atoms with Crippen molar-refractivity contribution in [3.8, 4) is 0 Å². The second-order valence-electron chi connectivity index (χ2n) is 5.64. The minimum absolute atomic E-state index is 0.179. The molecule has 0 aromatic heterocycles. The molecule has 0 bridgehead atoms. The van der Waals surface area contributed by atoms with Crippen LogP contribution in [-0.2, 0) is 0 Å². The summed E-state index contributed by atoms with van der Waals surface area (Å²) in [5, 5.41) is 3.62. The molecule has 0 aliphatic heterocycles. The summed E-state index contributed by atoms with van der Waals surface area (Å²) in [6.45, 7) is 5.01. The first-order chi connectivity index (χ1) is 9.62. The van der Waals surface area contributed by atoms with E-state index in [0.29, 0.717) is 0 Å². The Kier molecular flexibility index (Phi) is 4.94. The molecule has 0 aliphatic rings. The van der Waals surface area contributed by atoms with E-state index in [1.807, 2.05) is 12.1 Å². The molecule has 0 saturated carbocycles. The Bertz CT molecular complexity index is 466. The largest absolute Gasteiger partial charge is 0.324 e. The molecule has 2 nitrogen and oxygen atoms in total. The zero-order chi connectivity index (χ0) is 14.4. The Morgan fingerprint density at radius 3 is 1.80 bits per heavy atom. The zero-order valence-electron chi connectivity index (χ0n) is 12.3. The molecule has 0 spiro atoms. The van der Waals surface area contributed by atoms with E-state index in [9.17, 15) is 0 Å². The molecule has 20 heavy (non-hydrogen) atoms. The lowest BCUT2D eigenvalue weighted by Gasteiger charge is -2.28. The second kappa shape index (κ2) is 6.69. The molecular formula is C18H24N2. The van der Waals surface area contributed by atoms with Gasteiger partial charge in [0, 0.05) is 12.1 Å². The SMILES string of the molecule is CCC(C)(N)CNC(c1ccccc1)c1ccccc1. The molecule has 2 heteroatoms. The number of hydrogen-bond acceptors (Lipinski definition) is 2. The fraction of sp³-hybridized carbons (Fsp3) is 0.333. The fourth-order valence-corrected chi connectivity index (χ4v) is 2.18. The van der Waals surface area contributed by atoms with E-state index >= 15 is 0 Å². The lowest BCUT2D eigenvalue weighted by Crippen LogP contribution is -2.46. The van der Waals surface area contributed by atoms with Gasteiger partial charge in [0.25, 0.3) is 0 Å². The number of nitrogens with one attached hydrogen (secondary N) is 1. The predicted molar refractivity (Wildman–Crippen MR) is 85.6 cm³/mol. The third kappa shape index (κ3) is 3.92. The minimum atomic E-state index is -0.179. The van der Waals surface area contributed by atoms with E-state index in [1.54, 1.807) is 0 Å². The molecule has 0 saturated heterocycles. The average molecular weight is 268 g/mol. The van der Waals surface area contributed by atoms with E-state index in [2.05, 4.69) is 67.7 Å². The molecule has 1 atom stereocenters. The van der Waals surface area contributed by atoms with Crippen molar-refractivity contribution < 1.29 is 0 Å². The van der Waals surface area contributed by atoms with Crippen molar-refractivity contribution >= 4 is 0 Å². The van der Waals surface area contributed by atoms with Gasteiger partial charge in [0.05, 0.1) is 6.04 Å². The molecule has 0 fully saturated rings. The lowest BCUT2D eigenvalue weighted by molar-refractivity contribution is 0.401. The van der Waals surface area contributed by atoms with E-state index < -0.39 is 0 Å². The van der Waals surface area contributed by atoms with Gasteiger partial charge in [-0.3, -0.25) is 0 Å². The summed E-state index contributed by atoms with van der Waals surface area (Å²) in [6, 6.07) is 21.2. The minimum Gasteiger partial charge on any atom is -0.324 e. The standard InChI is InChI=1S/C18H24N2/c1-3-18(2,19)14-20-17(15-10-6-4-7-11-15)16-12-8-5-9-13-16/h4-13,17,20H,3,14,19H2,1-2H3. The van der Waals surface area contributed by atoms with Crippen LogP contribution < -0.4 is 11.1 Å². The van der Waals surface area contributed by atoms with Crippen LogP contribution in [0.2, 0.25) is 0 Å². The van der Waals surface area contributed by atoms with Crippen molar-refractivity contribution in [1.29, 1.82) is 0 Å². The first-order valence-corrected chi connectivity index (χ1v) is 7.24. The topological polar surface area (TPSA) is 38.0 Å². The first kappa shape index (κ1) is 14.8. The molecule has 0 heterocycles. The van der Waals surface area contributed by atoms with Crippen LogP contribution in [0.25, 0.3) is 0 Å². The summed E-state index contributed by atoms with van der Waals surface area (Å²) < 4.78 is 0. The Balaban J connectivity index is 2.22. The average Bonchev–Trinajstić information content (AvgIpc) is 2.49. The quantitative estimate of drug-likeness (QED) is 0.841. The van der Waals surface area contributed by atoms with Crippen LogP contribution in [0.15, 0.2) is 60.7 Å². The summed E-state index contributed by atoms with van der Waals surface area (Å²) in [4.78, 5) is 0. The van der Waals surface area contributed by atoms with Crippen molar-refractivity contribution in [2.45, 2.75) is 31.8 Å². The van der Waals surface area contributed by atoms with Crippen LogP contribution in [-0.4, -0.2) is 12.1 Å². The Labute approximate surface area is 122 Å². The Morgan fingerprint density at radius 1 is 0.950 bits per heavy atom. The number of rotatable bonds is 6. The smallest absolute Gasteiger partial charge is 0.0577 e. The number of benzene rings is 2. The van der Waals surface area contributed by atoms with Crippen LogP contribution in [0, 0.1) is 0 Å². The highest BCUT2D eigenvalue weighted by molar-refractivity contribution is 5.31. The van der Waals surface area contributed by atoms with E-state index in [1.165, 1.54) is 11.1 Å². The molecule has 2 aromatic rings. The molecule has 1 unspecified atom stereocenters. The van der Waals surface area contributed by atoms with Gasteiger partial charge in [-0.25, -0.2) is 0 Å². The summed E-state index contributed by atoms with van der Waals surface area (Å²) in [5.41, 5.74) is 8.62. The van der Waals surface area contributed by atoms with Crippen LogP contribution in [0.4, 0.5) is 0 Å². The maximum absolute atomic E-state index is 6.26. The predicted octanol–water partition coefficient (Wildman–Crippen LogP) is 3.49. The van der Waals surface area contributed by atoms with E-state index in [-0.39, 0.29) is 11.6 Å². The molecular weight excluding hydrogens is 244 g/mol. The van der Waals surface area contributed by atoms with E-state index in [0.717, 1.165) is 13.0 Å². The normalized spacial score (nSPS) is 14.2. The first-order valence-electron chi connectivity index (χ1n) is 7.24. The van der Waals surface area contributed by atoms with Crippen LogP contribution in [0.1, 0.15) is 37.4 Å². The number of nitrogens with two attached hydrogens (primary N) is 1. The van der Waals surface area contributed by atoms with Gasteiger partial charge in [-0.05, 0) is 24.5 Å². The van der Waals surface area contributed by atoms with Gasteiger partial charge < -0.3 is 11.1 Å². The van der Waals surface area contributed by atoms with Crippen molar-refractivity contribution in [2.75, 3.05) is 6.54 Å². The molecule has 0 amide bonds. The van der Waals surface area contributed by atoms with Gasteiger partial charge in [0.1, 0.15) is 0 Å². The summed E-state index contributed by atoms with van der Waals surface area (Å²) >= 11 is 0. The van der Waals surface area contributed by atoms with Crippen LogP contribution in [0.5, 0.6) is 0 Å².